The van der Waals surface area contributed by atoms with E-state index in [0.29, 0.717) is 5.69 Å². The highest BCUT2D eigenvalue weighted by atomic mass is 19.1. The number of nitrogens with zero attached hydrogens (tertiary/aromatic N) is 2. The van der Waals surface area contributed by atoms with E-state index in [9.17, 15) is 18.8 Å². The van der Waals surface area contributed by atoms with Crippen LogP contribution in [0.2, 0.25) is 0 Å². The first-order valence-electron chi connectivity index (χ1n) is 10.2. The molecule has 1 fully saturated rings. The molecule has 3 N–H and O–H groups in total. The minimum absolute atomic E-state index is 0.0257. The number of nitrogens with two attached hydrogens (primary N) is 1. The molecule has 0 bridgehead atoms. The van der Waals surface area contributed by atoms with E-state index >= 15 is 0 Å². The first-order chi connectivity index (χ1) is 15.1. The number of benzene rings is 2. The standard InChI is InChI=1S/C23H27FN4O4/c1-23(2,3)32-22(31)27-12-17(13-27)21(30)28(18-7-5-4-6-8-18)14-16-10-9-15(11-19(16)24)20(29)26-25/h4-11,17H,12-14,25H2,1-3H3,(H,26,29). The maximum Gasteiger partial charge on any atom is 0.410 e. The summed E-state index contributed by atoms with van der Waals surface area (Å²) in [7, 11) is 0. The first-order valence-corrected chi connectivity index (χ1v) is 10.2. The van der Waals surface area contributed by atoms with Crippen molar-refractivity contribution in [1.82, 2.24) is 10.3 Å². The van der Waals surface area contributed by atoms with Crippen LogP contribution in [0.1, 0.15) is 36.7 Å². The third kappa shape index (κ3) is 5.42. The zero-order valence-electron chi connectivity index (χ0n) is 18.3. The predicted molar refractivity (Wildman–Crippen MR) is 117 cm³/mol. The maximum atomic E-state index is 14.7. The van der Waals surface area contributed by atoms with Gasteiger partial charge < -0.3 is 14.5 Å². The summed E-state index contributed by atoms with van der Waals surface area (Å²) in [6.45, 7) is 5.77. The van der Waals surface area contributed by atoms with Crippen molar-refractivity contribution >= 4 is 23.6 Å². The lowest BCUT2D eigenvalue weighted by Gasteiger charge is -2.41. The van der Waals surface area contributed by atoms with E-state index < -0.39 is 29.3 Å². The normalized spacial score (nSPS) is 13.8. The van der Waals surface area contributed by atoms with Gasteiger partial charge in [0.1, 0.15) is 11.4 Å². The molecule has 1 heterocycles. The lowest BCUT2D eigenvalue weighted by molar-refractivity contribution is -0.127. The smallest absolute Gasteiger partial charge is 0.410 e. The Morgan fingerprint density at radius 1 is 1.16 bits per heavy atom. The van der Waals surface area contributed by atoms with Gasteiger partial charge in [0.05, 0.1) is 12.5 Å². The van der Waals surface area contributed by atoms with Crippen molar-refractivity contribution < 1.29 is 23.5 Å². The number of likely N-dealkylation sites (tertiary alicyclic amines) is 1. The molecule has 1 saturated heterocycles. The largest absolute Gasteiger partial charge is 0.444 e. The lowest BCUT2D eigenvalue weighted by atomic mass is 9.98. The van der Waals surface area contributed by atoms with Crippen LogP contribution in [0.3, 0.4) is 0 Å². The number of amides is 3. The number of carbonyl (C=O) groups excluding carboxylic acids is 3. The number of halogens is 1. The Morgan fingerprint density at radius 3 is 2.38 bits per heavy atom. The summed E-state index contributed by atoms with van der Waals surface area (Å²) in [5.41, 5.74) is 2.28. The van der Waals surface area contributed by atoms with E-state index in [1.807, 2.05) is 11.5 Å². The fourth-order valence-corrected chi connectivity index (χ4v) is 3.31. The molecule has 0 aliphatic carbocycles. The van der Waals surface area contributed by atoms with Crippen LogP contribution in [-0.2, 0) is 16.1 Å². The Bertz CT molecular complexity index is 1000. The van der Waals surface area contributed by atoms with Gasteiger partial charge in [-0.05, 0) is 45.0 Å². The number of anilines is 1. The third-order valence-electron chi connectivity index (χ3n) is 4.99. The van der Waals surface area contributed by atoms with E-state index in [2.05, 4.69) is 0 Å². The van der Waals surface area contributed by atoms with E-state index in [4.69, 9.17) is 10.6 Å². The number of hydrazine groups is 1. The zero-order chi connectivity index (χ0) is 23.5. The first kappa shape index (κ1) is 23.2. The van der Waals surface area contributed by atoms with Crippen LogP contribution in [0, 0.1) is 11.7 Å². The summed E-state index contributed by atoms with van der Waals surface area (Å²) in [5.74, 6) is 3.22. The molecule has 170 valence electrons. The number of ether oxygens (including phenoxy) is 1. The molecule has 32 heavy (non-hydrogen) atoms. The van der Waals surface area contributed by atoms with Gasteiger partial charge in [-0.15, -0.1) is 0 Å². The topological polar surface area (TPSA) is 105 Å². The average molecular weight is 442 g/mol. The van der Waals surface area contributed by atoms with E-state index in [1.165, 1.54) is 21.9 Å². The van der Waals surface area contributed by atoms with Gasteiger partial charge in [-0.1, -0.05) is 24.3 Å². The SMILES string of the molecule is CC(C)(C)OC(=O)N1CC(C(=O)N(Cc2ccc(C(=O)NN)cc2F)c2ccccc2)C1. The number of para-hydroxylation sites is 1. The molecular formula is C23H27FN4O4. The molecule has 2 aromatic rings. The van der Waals surface area contributed by atoms with Crippen molar-refractivity contribution in [3.63, 3.8) is 0 Å². The van der Waals surface area contributed by atoms with Crippen LogP contribution in [-0.4, -0.2) is 41.5 Å². The van der Waals surface area contributed by atoms with E-state index in [-0.39, 0.29) is 36.7 Å². The van der Waals surface area contributed by atoms with Gasteiger partial charge in [0.25, 0.3) is 5.91 Å². The quantitative estimate of drug-likeness (QED) is 0.421. The van der Waals surface area contributed by atoms with Crippen molar-refractivity contribution in [3.8, 4) is 0 Å². The summed E-state index contributed by atoms with van der Waals surface area (Å²) in [6, 6.07) is 12.9. The Hall–Kier alpha value is -3.46. The second-order valence-corrected chi connectivity index (χ2v) is 8.62. The Kier molecular flexibility index (Phi) is 6.78. The maximum absolute atomic E-state index is 14.7. The molecule has 0 radical (unpaired) electrons. The molecule has 2 aromatic carbocycles. The minimum Gasteiger partial charge on any atom is -0.444 e. The number of nitrogen functional groups attached to an aromatic ring is 1. The highest BCUT2D eigenvalue weighted by molar-refractivity contribution is 5.97. The van der Waals surface area contributed by atoms with Crippen LogP contribution in [0.15, 0.2) is 48.5 Å². The number of hydrogen-bond donors (Lipinski definition) is 2. The highest BCUT2D eigenvalue weighted by Gasteiger charge is 2.40. The lowest BCUT2D eigenvalue weighted by Crippen LogP contribution is -2.57. The molecule has 0 aromatic heterocycles. The van der Waals surface area contributed by atoms with Gasteiger partial charge >= 0.3 is 6.09 Å². The Labute approximate surface area is 186 Å². The second-order valence-electron chi connectivity index (χ2n) is 8.62. The fourth-order valence-electron chi connectivity index (χ4n) is 3.31. The molecule has 0 saturated carbocycles. The Balaban J connectivity index is 1.76. The van der Waals surface area contributed by atoms with Gasteiger partial charge in [0.15, 0.2) is 0 Å². The van der Waals surface area contributed by atoms with Gasteiger partial charge in [-0.2, -0.15) is 0 Å². The molecule has 0 unspecified atom stereocenters. The number of rotatable bonds is 5. The van der Waals surface area contributed by atoms with E-state index in [0.717, 1.165) is 6.07 Å². The van der Waals surface area contributed by atoms with Crippen molar-refractivity contribution in [3.05, 3.63) is 65.5 Å². The number of nitrogens with one attached hydrogen (secondary N) is 1. The third-order valence-corrected chi connectivity index (χ3v) is 4.99. The van der Waals surface area contributed by atoms with Crippen LogP contribution >= 0.6 is 0 Å². The van der Waals surface area contributed by atoms with Crippen LogP contribution in [0.5, 0.6) is 0 Å². The predicted octanol–water partition coefficient (Wildman–Crippen LogP) is 2.83. The van der Waals surface area contributed by atoms with Gasteiger partial charge in [-0.25, -0.2) is 15.0 Å². The summed E-state index contributed by atoms with van der Waals surface area (Å²) in [6.07, 6.45) is -0.465. The highest BCUT2D eigenvalue weighted by Crippen LogP contribution is 2.26. The molecular weight excluding hydrogens is 415 g/mol. The summed E-state index contributed by atoms with van der Waals surface area (Å²) >= 11 is 0. The molecule has 1 aliphatic rings. The molecule has 3 amide bonds. The fraction of sp³-hybridized carbons (Fsp3) is 0.348. The minimum atomic E-state index is -0.621. The number of hydrogen-bond acceptors (Lipinski definition) is 5. The van der Waals surface area contributed by atoms with Gasteiger partial charge in [-0.3, -0.25) is 15.0 Å². The number of carbonyl (C=O) groups is 3. The van der Waals surface area contributed by atoms with E-state index in [1.54, 1.807) is 45.0 Å². The molecule has 0 spiro atoms. The zero-order valence-corrected chi connectivity index (χ0v) is 18.3. The summed E-state index contributed by atoms with van der Waals surface area (Å²) < 4.78 is 20.0. The van der Waals surface area contributed by atoms with Crippen LogP contribution < -0.4 is 16.2 Å². The van der Waals surface area contributed by atoms with Crippen molar-refractivity contribution in [1.29, 1.82) is 0 Å². The second kappa shape index (κ2) is 9.35. The molecule has 9 heteroatoms. The van der Waals surface area contributed by atoms with Crippen molar-refractivity contribution in [2.45, 2.75) is 32.9 Å². The molecule has 3 rings (SSSR count). The van der Waals surface area contributed by atoms with Crippen LogP contribution in [0.25, 0.3) is 0 Å². The monoisotopic (exact) mass is 442 g/mol. The average Bonchev–Trinajstić information content (AvgIpc) is 2.70. The summed E-state index contributed by atoms with van der Waals surface area (Å²) in [5, 5.41) is 0. The molecule has 0 atom stereocenters. The van der Waals surface area contributed by atoms with Crippen molar-refractivity contribution in [2.75, 3.05) is 18.0 Å². The molecule has 1 aliphatic heterocycles. The summed E-state index contributed by atoms with van der Waals surface area (Å²) in [4.78, 5) is 40.0. The Morgan fingerprint density at radius 2 is 1.81 bits per heavy atom. The van der Waals surface area contributed by atoms with Crippen molar-refractivity contribution in [2.24, 2.45) is 11.8 Å². The van der Waals surface area contributed by atoms with Gasteiger partial charge in [0, 0.05) is 29.9 Å². The van der Waals surface area contributed by atoms with Gasteiger partial charge in [0.2, 0.25) is 5.91 Å². The molecule has 8 nitrogen and oxygen atoms in total. The van der Waals surface area contributed by atoms with Crippen LogP contribution in [0.4, 0.5) is 14.9 Å².